The molecule has 0 aliphatic carbocycles. The average Bonchev–Trinajstić information content (AvgIpc) is 2.91. The molecule has 0 saturated carbocycles. The molecule has 0 radical (unpaired) electrons. The van der Waals surface area contributed by atoms with E-state index in [-0.39, 0.29) is 18.4 Å². The fourth-order valence-electron chi connectivity index (χ4n) is 2.56. The molecule has 2 aromatic carbocycles. The molecule has 0 bridgehead atoms. The van der Waals surface area contributed by atoms with E-state index in [1.165, 1.54) is 13.2 Å². The minimum Gasteiger partial charge on any atom is -0.494 e. The number of amidine groups is 1. The Bertz CT molecular complexity index is 751. The lowest BCUT2D eigenvalue weighted by Crippen LogP contribution is -2.27. The van der Waals surface area contributed by atoms with Gasteiger partial charge in [-0.05, 0) is 35.4 Å². The van der Waals surface area contributed by atoms with Crippen molar-refractivity contribution in [2.24, 2.45) is 10.7 Å². The van der Waals surface area contributed by atoms with Gasteiger partial charge in [0.1, 0.15) is 6.61 Å². The van der Waals surface area contributed by atoms with Gasteiger partial charge in [0.05, 0.1) is 7.11 Å². The molecule has 4 nitrogen and oxygen atoms in total. The van der Waals surface area contributed by atoms with E-state index < -0.39 is 11.4 Å². The highest BCUT2D eigenvalue weighted by molar-refractivity contribution is 9.10. The molecule has 1 unspecified atom stereocenters. The standard InChI is InChI=1S/C16H14BrFN2O2/c1-21-14-8-11(5-6-13(14)18)16(9-22-15(19)20-16)10-3-2-4-12(17)7-10/h2-8H,9H2,1H3,(H2,19,20). The van der Waals surface area contributed by atoms with Crippen molar-refractivity contribution in [2.75, 3.05) is 13.7 Å². The van der Waals surface area contributed by atoms with Crippen LogP contribution in [0.3, 0.4) is 0 Å². The van der Waals surface area contributed by atoms with E-state index >= 15 is 0 Å². The molecule has 114 valence electrons. The first-order chi connectivity index (χ1) is 10.5. The first kappa shape index (κ1) is 14.8. The van der Waals surface area contributed by atoms with Gasteiger partial charge < -0.3 is 15.2 Å². The SMILES string of the molecule is COc1cc(C2(c3cccc(Br)c3)COC(N)=N2)ccc1F. The summed E-state index contributed by atoms with van der Waals surface area (Å²) in [7, 11) is 1.43. The van der Waals surface area contributed by atoms with Crippen LogP contribution in [0.15, 0.2) is 51.9 Å². The van der Waals surface area contributed by atoms with Crippen molar-refractivity contribution in [3.63, 3.8) is 0 Å². The van der Waals surface area contributed by atoms with Crippen LogP contribution >= 0.6 is 15.9 Å². The summed E-state index contributed by atoms with van der Waals surface area (Å²) in [5, 5.41) is 0. The minimum atomic E-state index is -0.811. The summed E-state index contributed by atoms with van der Waals surface area (Å²) >= 11 is 3.46. The van der Waals surface area contributed by atoms with Crippen molar-refractivity contribution >= 4 is 22.0 Å². The zero-order valence-corrected chi connectivity index (χ0v) is 13.4. The number of halogens is 2. The first-order valence-electron chi connectivity index (χ1n) is 6.63. The highest BCUT2D eigenvalue weighted by atomic mass is 79.9. The maximum atomic E-state index is 13.7. The third-order valence-electron chi connectivity index (χ3n) is 3.66. The minimum absolute atomic E-state index is 0.114. The summed E-state index contributed by atoms with van der Waals surface area (Å²) < 4.78 is 25.1. The Morgan fingerprint density at radius 1 is 1.27 bits per heavy atom. The van der Waals surface area contributed by atoms with Crippen LogP contribution in [0.2, 0.25) is 0 Å². The largest absolute Gasteiger partial charge is 0.494 e. The second kappa shape index (κ2) is 5.61. The smallest absolute Gasteiger partial charge is 0.283 e. The molecule has 2 aromatic rings. The second-order valence-electron chi connectivity index (χ2n) is 4.96. The van der Waals surface area contributed by atoms with Gasteiger partial charge in [0, 0.05) is 4.47 Å². The lowest BCUT2D eigenvalue weighted by molar-refractivity contribution is 0.278. The summed E-state index contributed by atoms with van der Waals surface area (Å²) in [6.45, 7) is 0.254. The fourth-order valence-corrected chi connectivity index (χ4v) is 2.96. The monoisotopic (exact) mass is 364 g/mol. The zero-order valence-electron chi connectivity index (χ0n) is 11.8. The maximum absolute atomic E-state index is 13.7. The van der Waals surface area contributed by atoms with Crippen molar-refractivity contribution in [1.82, 2.24) is 0 Å². The van der Waals surface area contributed by atoms with Crippen LogP contribution in [0.4, 0.5) is 4.39 Å². The summed E-state index contributed by atoms with van der Waals surface area (Å²) in [6, 6.07) is 12.5. The lowest BCUT2D eigenvalue weighted by Gasteiger charge is -2.26. The predicted octanol–water partition coefficient (Wildman–Crippen LogP) is 3.19. The van der Waals surface area contributed by atoms with Crippen molar-refractivity contribution < 1.29 is 13.9 Å². The van der Waals surface area contributed by atoms with Gasteiger partial charge in [0.25, 0.3) is 6.02 Å². The highest BCUT2D eigenvalue weighted by Gasteiger charge is 2.40. The Balaban J connectivity index is 2.20. The van der Waals surface area contributed by atoms with E-state index in [2.05, 4.69) is 20.9 Å². The molecule has 1 aliphatic rings. The average molecular weight is 365 g/mol. The maximum Gasteiger partial charge on any atom is 0.283 e. The molecule has 2 N–H and O–H groups in total. The molecule has 1 heterocycles. The molecule has 3 rings (SSSR count). The van der Waals surface area contributed by atoms with Crippen LogP contribution in [0.5, 0.6) is 5.75 Å². The molecule has 0 amide bonds. The Morgan fingerprint density at radius 3 is 2.68 bits per heavy atom. The van der Waals surface area contributed by atoms with E-state index in [1.54, 1.807) is 12.1 Å². The molecule has 1 aliphatic heterocycles. The van der Waals surface area contributed by atoms with Crippen LogP contribution in [0.25, 0.3) is 0 Å². The Hall–Kier alpha value is -2.08. The van der Waals surface area contributed by atoms with Gasteiger partial charge in [-0.2, -0.15) is 0 Å². The third kappa shape index (κ3) is 2.43. The number of benzene rings is 2. The van der Waals surface area contributed by atoms with E-state index in [4.69, 9.17) is 15.2 Å². The number of nitrogens with zero attached hydrogens (tertiary/aromatic N) is 1. The van der Waals surface area contributed by atoms with Crippen molar-refractivity contribution in [2.45, 2.75) is 5.54 Å². The van der Waals surface area contributed by atoms with Crippen LogP contribution in [-0.2, 0) is 10.3 Å². The van der Waals surface area contributed by atoms with Gasteiger partial charge in [-0.25, -0.2) is 9.38 Å². The molecular formula is C16H14BrFN2O2. The molecule has 6 heteroatoms. The Kier molecular flexibility index (Phi) is 3.78. The summed E-state index contributed by atoms with van der Waals surface area (Å²) in [5.41, 5.74) is 6.58. The molecule has 0 saturated heterocycles. The summed E-state index contributed by atoms with van der Waals surface area (Å²) in [5.74, 6) is -0.265. The zero-order chi connectivity index (χ0) is 15.7. The molecule has 1 atom stereocenters. The van der Waals surface area contributed by atoms with Crippen molar-refractivity contribution in [3.8, 4) is 5.75 Å². The van der Waals surface area contributed by atoms with E-state index in [0.29, 0.717) is 0 Å². The fraction of sp³-hybridized carbons (Fsp3) is 0.188. The summed E-state index contributed by atoms with van der Waals surface area (Å²) in [6.07, 6.45) is 0. The van der Waals surface area contributed by atoms with Crippen LogP contribution in [0.1, 0.15) is 11.1 Å². The number of ether oxygens (including phenoxy) is 2. The number of rotatable bonds is 3. The molecule has 22 heavy (non-hydrogen) atoms. The number of hydrogen-bond donors (Lipinski definition) is 1. The molecule has 0 aromatic heterocycles. The number of nitrogens with two attached hydrogens (primary N) is 1. The first-order valence-corrected chi connectivity index (χ1v) is 7.42. The van der Waals surface area contributed by atoms with Crippen LogP contribution < -0.4 is 10.5 Å². The van der Waals surface area contributed by atoms with Gasteiger partial charge in [-0.15, -0.1) is 0 Å². The van der Waals surface area contributed by atoms with Crippen molar-refractivity contribution in [1.29, 1.82) is 0 Å². The van der Waals surface area contributed by atoms with Crippen molar-refractivity contribution in [3.05, 3.63) is 63.9 Å². The Morgan fingerprint density at radius 2 is 2.05 bits per heavy atom. The molecule has 0 spiro atoms. The van der Waals surface area contributed by atoms with Gasteiger partial charge in [-0.3, -0.25) is 0 Å². The molecule has 0 fully saturated rings. The molecular weight excluding hydrogens is 351 g/mol. The predicted molar refractivity (Wildman–Crippen MR) is 85.4 cm³/mol. The normalized spacial score (nSPS) is 20.4. The Labute approximate surface area is 135 Å². The van der Waals surface area contributed by atoms with E-state index in [0.717, 1.165) is 15.6 Å². The summed E-state index contributed by atoms with van der Waals surface area (Å²) in [4.78, 5) is 4.48. The van der Waals surface area contributed by atoms with Gasteiger partial charge >= 0.3 is 0 Å². The number of aliphatic imine (C=N–C) groups is 1. The van der Waals surface area contributed by atoms with Gasteiger partial charge in [0.2, 0.25) is 0 Å². The number of methoxy groups -OCH3 is 1. The highest BCUT2D eigenvalue weighted by Crippen LogP contribution is 2.39. The third-order valence-corrected chi connectivity index (χ3v) is 4.15. The van der Waals surface area contributed by atoms with E-state index in [1.807, 2.05) is 24.3 Å². The van der Waals surface area contributed by atoms with Crippen LogP contribution in [-0.4, -0.2) is 19.7 Å². The van der Waals surface area contributed by atoms with Gasteiger partial charge in [0.15, 0.2) is 17.1 Å². The lowest BCUT2D eigenvalue weighted by atomic mass is 9.84. The topological polar surface area (TPSA) is 56.8 Å². The van der Waals surface area contributed by atoms with E-state index in [9.17, 15) is 4.39 Å². The van der Waals surface area contributed by atoms with Crippen LogP contribution in [0, 0.1) is 5.82 Å². The van der Waals surface area contributed by atoms with Gasteiger partial charge in [-0.1, -0.05) is 34.1 Å². The quantitative estimate of drug-likeness (QED) is 0.909. The second-order valence-corrected chi connectivity index (χ2v) is 5.87. The number of hydrogen-bond acceptors (Lipinski definition) is 4.